The van der Waals surface area contributed by atoms with Crippen molar-refractivity contribution in [3.8, 4) is 11.5 Å². The molecule has 4 nitrogen and oxygen atoms in total. The molecule has 1 saturated carbocycles. The first kappa shape index (κ1) is 23.0. The van der Waals surface area contributed by atoms with Gasteiger partial charge in [-0.3, -0.25) is 0 Å². The highest BCUT2D eigenvalue weighted by Crippen LogP contribution is 2.38. The van der Waals surface area contributed by atoms with Gasteiger partial charge in [0.1, 0.15) is 11.4 Å². The van der Waals surface area contributed by atoms with Crippen molar-refractivity contribution in [1.82, 2.24) is 9.97 Å². The van der Waals surface area contributed by atoms with Gasteiger partial charge in [0.15, 0.2) is 17.3 Å². The fourth-order valence-corrected chi connectivity index (χ4v) is 3.88. The normalized spacial score (nSPS) is 19.1. The lowest BCUT2D eigenvalue weighted by Gasteiger charge is -2.27. The highest BCUT2D eigenvalue weighted by molar-refractivity contribution is 5.33. The summed E-state index contributed by atoms with van der Waals surface area (Å²) in [5.74, 6) is -2.56. The van der Waals surface area contributed by atoms with Crippen LogP contribution in [0, 0.1) is 17.6 Å². The van der Waals surface area contributed by atoms with Crippen molar-refractivity contribution >= 4 is 0 Å². The number of aromatic nitrogens is 2. The molecular formula is C23H26F4N2O2. The summed E-state index contributed by atoms with van der Waals surface area (Å²) in [4.78, 5) is 8.34. The predicted molar refractivity (Wildman–Crippen MR) is 108 cm³/mol. The van der Waals surface area contributed by atoms with Crippen LogP contribution in [0.2, 0.25) is 0 Å². The first-order chi connectivity index (χ1) is 14.9. The fourth-order valence-electron chi connectivity index (χ4n) is 3.88. The Morgan fingerprint density at radius 1 is 1.10 bits per heavy atom. The van der Waals surface area contributed by atoms with Gasteiger partial charge in [-0.15, -0.1) is 6.58 Å². The summed E-state index contributed by atoms with van der Waals surface area (Å²) < 4.78 is 66.5. The number of halogens is 4. The zero-order chi connectivity index (χ0) is 22.4. The Balaban J connectivity index is 1.65. The van der Waals surface area contributed by atoms with Crippen molar-refractivity contribution in [1.29, 1.82) is 0 Å². The summed E-state index contributed by atoms with van der Waals surface area (Å²) in [6.45, 7) is 5.39. The second-order valence-corrected chi connectivity index (χ2v) is 7.65. The minimum atomic E-state index is -4.11. The van der Waals surface area contributed by atoms with Crippen LogP contribution in [0.1, 0.15) is 62.8 Å². The van der Waals surface area contributed by atoms with Crippen LogP contribution in [0.5, 0.6) is 11.5 Å². The molecule has 1 fully saturated rings. The zero-order valence-corrected chi connectivity index (χ0v) is 17.4. The Hall–Kier alpha value is -2.64. The van der Waals surface area contributed by atoms with E-state index in [4.69, 9.17) is 4.74 Å². The minimum Gasteiger partial charge on any atom is -0.491 e. The molecule has 1 aromatic heterocycles. The van der Waals surface area contributed by atoms with Crippen LogP contribution < -0.4 is 9.47 Å². The van der Waals surface area contributed by atoms with E-state index in [-0.39, 0.29) is 18.3 Å². The van der Waals surface area contributed by atoms with E-state index in [1.54, 1.807) is 6.92 Å². The first-order valence-corrected chi connectivity index (χ1v) is 10.5. The van der Waals surface area contributed by atoms with Crippen molar-refractivity contribution in [3.63, 3.8) is 0 Å². The van der Waals surface area contributed by atoms with Gasteiger partial charge in [0.05, 0.1) is 19.0 Å². The number of nitrogens with zero attached hydrogens (tertiary/aromatic N) is 2. The summed E-state index contributed by atoms with van der Waals surface area (Å²) in [5.41, 5.74) is -1.23. The van der Waals surface area contributed by atoms with Crippen molar-refractivity contribution in [2.75, 3.05) is 6.61 Å². The lowest BCUT2D eigenvalue weighted by Crippen LogP contribution is -2.24. The van der Waals surface area contributed by atoms with Crippen molar-refractivity contribution < 1.29 is 27.0 Å². The van der Waals surface area contributed by atoms with E-state index in [0.29, 0.717) is 11.7 Å². The molecule has 31 heavy (non-hydrogen) atoms. The highest BCUT2D eigenvalue weighted by atomic mass is 19.3. The molecule has 8 heteroatoms. The summed E-state index contributed by atoms with van der Waals surface area (Å²) in [5, 5.41) is 0. The third kappa shape index (κ3) is 5.54. The van der Waals surface area contributed by atoms with Gasteiger partial charge in [-0.25, -0.2) is 14.4 Å². The van der Waals surface area contributed by atoms with Crippen LogP contribution >= 0.6 is 0 Å². The Morgan fingerprint density at radius 3 is 2.39 bits per heavy atom. The molecule has 0 saturated heterocycles. The minimum absolute atomic E-state index is 0.0722. The van der Waals surface area contributed by atoms with E-state index in [1.807, 2.05) is 6.08 Å². The average molecular weight is 438 g/mol. The van der Waals surface area contributed by atoms with Crippen LogP contribution in [-0.4, -0.2) is 16.6 Å². The summed E-state index contributed by atoms with van der Waals surface area (Å²) in [6.07, 6.45) is 6.25. The van der Waals surface area contributed by atoms with Gasteiger partial charge >= 0.3 is 6.11 Å². The molecule has 1 heterocycles. The van der Waals surface area contributed by atoms with E-state index in [2.05, 4.69) is 21.3 Å². The van der Waals surface area contributed by atoms with Crippen molar-refractivity contribution in [2.24, 2.45) is 5.92 Å². The molecule has 1 aromatic carbocycles. The monoisotopic (exact) mass is 438 g/mol. The van der Waals surface area contributed by atoms with Crippen molar-refractivity contribution in [2.45, 2.75) is 57.5 Å². The number of hydrogen-bond acceptors (Lipinski definition) is 4. The smallest absolute Gasteiger partial charge is 0.429 e. The molecule has 0 aliphatic heterocycles. The highest BCUT2D eigenvalue weighted by Gasteiger charge is 2.40. The largest absolute Gasteiger partial charge is 0.491 e. The van der Waals surface area contributed by atoms with Crippen LogP contribution in [0.3, 0.4) is 0 Å². The van der Waals surface area contributed by atoms with E-state index >= 15 is 0 Å². The van der Waals surface area contributed by atoms with E-state index < -0.39 is 29.1 Å². The molecule has 0 N–H and O–H groups in total. The Morgan fingerprint density at radius 2 is 1.77 bits per heavy atom. The van der Waals surface area contributed by atoms with E-state index in [9.17, 15) is 17.6 Å². The van der Waals surface area contributed by atoms with Gasteiger partial charge in [0, 0.05) is 5.92 Å². The molecule has 0 spiro atoms. The Kier molecular flexibility index (Phi) is 7.51. The molecular weight excluding hydrogens is 412 g/mol. The number of benzene rings is 1. The molecule has 0 unspecified atom stereocenters. The number of hydrogen-bond donors (Lipinski definition) is 0. The molecule has 0 bridgehead atoms. The van der Waals surface area contributed by atoms with E-state index in [0.717, 1.165) is 63.1 Å². The quantitative estimate of drug-likeness (QED) is 0.330. The molecule has 168 valence electrons. The number of alkyl halides is 2. The standard InChI is InChI=1S/C23H26F4N2O2/c1-3-5-6-15-7-9-16(10-8-15)22-28-13-17(14-29-22)31-23(26,27)18-11-12-19(30-4-2)21(25)20(18)24/h3,11-16H,1,4-10H2,2H3. The van der Waals surface area contributed by atoms with Gasteiger partial charge in [0.2, 0.25) is 5.82 Å². The second kappa shape index (κ2) is 10.1. The van der Waals surface area contributed by atoms with Crippen molar-refractivity contribution in [3.05, 3.63) is 60.2 Å². The molecule has 0 amide bonds. The molecule has 1 aliphatic rings. The SMILES string of the molecule is C=CCCC1CCC(c2ncc(OC(F)(F)c3ccc(OCC)c(F)c3F)cn2)CC1. The summed E-state index contributed by atoms with van der Waals surface area (Å²) >= 11 is 0. The molecule has 0 radical (unpaired) electrons. The molecule has 0 atom stereocenters. The Bertz CT molecular complexity index is 882. The van der Waals surface area contributed by atoms with Gasteiger partial charge in [0.25, 0.3) is 0 Å². The average Bonchev–Trinajstić information content (AvgIpc) is 2.76. The fraction of sp³-hybridized carbons (Fsp3) is 0.478. The maximum absolute atomic E-state index is 14.5. The molecule has 3 rings (SSSR count). The third-order valence-electron chi connectivity index (χ3n) is 5.55. The number of ether oxygens (including phenoxy) is 2. The zero-order valence-electron chi connectivity index (χ0n) is 17.4. The lowest BCUT2D eigenvalue weighted by molar-refractivity contribution is -0.188. The third-order valence-corrected chi connectivity index (χ3v) is 5.55. The number of rotatable bonds is 9. The van der Waals surface area contributed by atoms with Crippen LogP contribution in [0.25, 0.3) is 0 Å². The van der Waals surface area contributed by atoms with Crippen LogP contribution in [0.15, 0.2) is 37.2 Å². The van der Waals surface area contributed by atoms with E-state index in [1.165, 1.54) is 0 Å². The van der Waals surface area contributed by atoms with Gasteiger partial charge in [-0.05, 0) is 63.5 Å². The molecule has 1 aliphatic carbocycles. The maximum atomic E-state index is 14.5. The van der Waals surface area contributed by atoms with Crippen LogP contribution in [-0.2, 0) is 6.11 Å². The maximum Gasteiger partial charge on any atom is 0.429 e. The van der Waals surface area contributed by atoms with Gasteiger partial charge in [-0.2, -0.15) is 13.2 Å². The Labute approximate surface area is 179 Å². The second-order valence-electron chi connectivity index (χ2n) is 7.65. The predicted octanol–water partition coefficient (Wildman–Crippen LogP) is 6.52. The molecule has 2 aromatic rings. The van der Waals surface area contributed by atoms with Gasteiger partial charge < -0.3 is 9.47 Å². The summed E-state index contributed by atoms with van der Waals surface area (Å²) in [6, 6.07) is 1.68. The lowest BCUT2D eigenvalue weighted by atomic mass is 9.79. The first-order valence-electron chi connectivity index (χ1n) is 10.5. The van der Waals surface area contributed by atoms with Crippen LogP contribution in [0.4, 0.5) is 17.6 Å². The summed E-state index contributed by atoms with van der Waals surface area (Å²) in [7, 11) is 0. The van der Waals surface area contributed by atoms with Gasteiger partial charge in [-0.1, -0.05) is 6.08 Å². The topological polar surface area (TPSA) is 44.2 Å². The number of allylic oxidation sites excluding steroid dienone is 1.